The van der Waals surface area contributed by atoms with Crippen LogP contribution >= 0.6 is 11.8 Å². The predicted molar refractivity (Wildman–Crippen MR) is 232 cm³/mol. The summed E-state index contributed by atoms with van der Waals surface area (Å²) in [6, 6.07) is -2.36. The quantitative estimate of drug-likeness (QED) is 0.0288. The Morgan fingerprint density at radius 2 is 1.00 bits per heavy atom. The summed E-state index contributed by atoms with van der Waals surface area (Å²) < 4.78 is 43.0. The number of thioether (sulfide) groups is 1. The van der Waals surface area contributed by atoms with Gasteiger partial charge in [-0.3, -0.25) is 14.4 Å². The Bertz CT molecular complexity index is 1090. The molecule has 0 saturated heterocycles. The first-order valence-corrected chi connectivity index (χ1v) is 24.0. The fourth-order valence-corrected chi connectivity index (χ4v) is 7.23. The minimum Gasteiger partial charge on any atom is -0.480 e. The highest BCUT2D eigenvalue weighted by Crippen LogP contribution is 2.17. The first-order chi connectivity index (χ1) is 28.7. The van der Waals surface area contributed by atoms with Gasteiger partial charge < -0.3 is 35.8 Å². The van der Waals surface area contributed by atoms with Gasteiger partial charge in [0, 0.05) is 18.6 Å². The Hall–Kier alpha value is -2.59. The third kappa shape index (κ3) is 40.8. The highest BCUT2D eigenvalue weighted by atomic mass is 32.2. The average molecular weight is 887 g/mol. The van der Waals surface area contributed by atoms with Crippen molar-refractivity contribution in [3.63, 3.8) is 0 Å². The summed E-state index contributed by atoms with van der Waals surface area (Å²) >= 11 is 1.42. The van der Waals surface area contributed by atoms with Gasteiger partial charge in [-0.25, -0.2) is 9.59 Å². The monoisotopic (exact) mass is 887 g/mol. The molecule has 0 aromatic heterocycles. The number of aliphatic hydroxyl groups excluding tert-OH is 1. The van der Waals surface area contributed by atoms with Gasteiger partial charge in [0.15, 0.2) is 0 Å². The SMILES string of the molecule is CCCCCCCCCCCCCCCC(=O)OC[C@H](CSCC[C@H](N)C(=O)N[C@@H](CO)C(=O)O)OC(=O)CCCCCCCCCCCCCCC.O=C(O)C(F)(F)F. The van der Waals surface area contributed by atoms with Crippen molar-refractivity contribution < 1.29 is 61.9 Å². The van der Waals surface area contributed by atoms with Crippen LogP contribution in [-0.4, -0.2) is 94.2 Å². The minimum absolute atomic E-state index is 0.0159. The van der Waals surface area contributed by atoms with Crippen LogP contribution in [0.5, 0.6) is 0 Å². The molecule has 0 aliphatic carbocycles. The fraction of sp³-hybridized carbons (Fsp3) is 0.886. The number of esters is 2. The summed E-state index contributed by atoms with van der Waals surface area (Å²) in [5, 5.41) is 27.5. The van der Waals surface area contributed by atoms with Gasteiger partial charge in [0.2, 0.25) is 5.91 Å². The Morgan fingerprint density at radius 3 is 1.35 bits per heavy atom. The number of hydrogen-bond acceptors (Lipinski definition) is 10. The lowest BCUT2D eigenvalue weighted by Crippen LogP contribution is -2.50. The van der Waals surface area contributed by atoms with E-state index >= 15 is 0 Å². The number of aliphatic hydroxyl groups is 1. The van der Waals surface area contributed by atoms with E-state index < -0.39 is 48.8 Å². The van der Waals surface area contributed by atoms with E-state index in [0.29, 0.717) is 24.3 Å². The topological polar surface area (TPSA) is 203 Å². The van der Waals surface area contributed by atoms with E-state index in [9.17, 15) is 32.3 Å². The van der Waals surface area contributed by atoms with Crippen molar-refractivity contribution in [2.75, 3.05) is 24.7 Å². The van der Waals surface area contributed by atoms with Crippen LogP contribution in [0, 0.1) is 0 Å². The number of alkyl halides is 3. The first kappa shape index (κ1) is 59.5. The second-order valence-corrected chi connectivity index (χ2v) is 16.8. The standard InChI is InChI=1S/C42H80N2O8S.C2HF3O2/c1-3-5-7-9-11-13-15-17-19-21-23-25-27-29-39(46)51-34-36(35-53-32-31-37(43)41(48)44-38(33-45)42(49)50)52-40(47)30-28-26-24-22-20-18-16-14-12-10-8-6-4-2;3-2(4,5)1(6)7/h36-38,45H,3-35,43H2,1-2H3,(H,44,48)(H,49,50);(H,6,7)/t36-,37+,38+;/m1./s1. The molecule has 12 nitrogen and oxygen atoms in total. The van der Waals surface area contributed by atoms with Crippen LogP contribution in [-0.2, 0) is 33.4 Å². The van der Waals surface area contributed by atoms with Crippen LogP contribution in [0.3, 0.4) is 0 Å². The molecule has 0 saturated carbocycles. The molecule has 0 rings (SSSR count). The molecular formula is C44H81F3N2O10S. The zero-order chi connectivity index (χ0) is 45.3. The number of nitrogens with two attached hydrogens (primary N) is 1. The molecule has 0 bridgehead atoms. The molecule has 0 fully saturated rings. The van der Waals surface area contributed by atoms with E-state index in [2.05, 4.69) is 19.2 Å². The number of carbonyl (C=O) groups is 5. The van der Waals surface area contributed by atoms with E-state index in [0.717, 1.165) is 38.5 Å². The van der Waals surface area contributed by atoms with E-state index in [1.54, 1.807) is 0 Å². The molecule has 16 heteroatoms. The molecule has 0 aliphatic rings. The van der Waals surface area contributed by atoms with Crippen LogP contribution in [0.1, 0.15) is 200 Å². The number of unbranched alkanes of at least 4 members (excludes halogenated alkanes) is 24. The molecule has 354 valence electrons. The molecule has 3 atom stereocenters. The third-order valence-corrected chi connectivity index (χ3v) is 11.1. The Balaban J connectivity index is 0. The maximum atomic E-state index is 12.7. The van der Waals surface area contributed by atoms with E-state index in [1.807, 2.05) is 0 Å². The first-order valence-electron chi connectivity index (χ1n) is 22.8. The van der Waals surface area contributed by atoms with Crippen molar-refractivity contribution in [3.8, 4) is 0 Å². The lowest BCUT2D eigenvalue weighted by atomic mass is 10.0. The van der Waals surface area contributed by atoms with Gasteiger partial charge in [0.05, 0.1) is 12.6 Å². The summed E-state index contributed by atoms with van der Waals surface area (Å²) in [5.74, 6) is -4.52. The van der Waals surface area contributed by atoms with Crippen LogP contribution in [0.2, 0.25) is 0 Å². The van der Waals surface area contributed by atoms with Crippen LogP contribution in [0.15, 0.2) is 0 Å². The average Bonchev–Trinajstić information content (AvgIpc) is 3.20. The number of halogens is 3. The third-order valence-electron chi connectivity index (χ3n) is 9.95. The number of carboxylic acids is 2. The molecule has 0 aromatic rings. The molecule has 0 spiro atoms. The number of ether oxygens (including phenoxy) is 2. The molecular weight excluding hydrogens is 806 g/mol. The van der Waals surface area contributed by atoms with Crippen LogP contribution in [0.4, 0.5) is 13.2 Å². The molecule has 0 radical (unpaired) electrons. The second kappa shape index (κ2) is 41.7. The van der Waals surface area contributed by atoms with Gasteiger partial charge >= 0.3 is 30.1 Å². The normalized spacial score (nSPS) is 12.8. The number of aliphatic carboxylic acids is 2. The van der Waals surface area contributed by atoms with Gasteiger partial charge in [0.25, 0.3) is 0 Å². The van der Waals surface area contributed by atoms with Crippen LogP contribution in [0.25, 0.3) is 0 Å². The second-order valence-electron chi connectivity index (χ2n) is 15.6. The van der Waals surface area contributed by atoms with E-state index in [1.165, 1.54) is 140 Å². The lowest BCUT2D eigenvalue weighted by molar-refractivity contribution is -0.192. The number of nitrogens with one attached hydrogen (secondary N) is 1. The van der Waals surface area contributed by atoms with E-state index in [-0.39, 0.29) is 25.0 Å². The lowest BCUT2D eigenvalue weighted by Gasteiger charge is -2.19. The highest BCUT2D eigenvalue weighted by Gasteiger charge is 2.38. The zero-order valence-electron chi connectivity index (χ0n) is 36.9. The Labute approximate surface area is 362 Å². The van der Waals surface area contributed by atoms with Gasteiger partial charge in [0.1, 0.15) is 18.8 Å². The Kier molecular flexibility index (Phi) is 41.4. The molecule has 6 N–H and O–H groups in total. The Morgan fingerprint density at radius 1 is 0.633 bits per heavy atom. The predicted octanol–water partition coefficient (Wildman–Crippen LogP) is 10.0. The largest absolute Gasteiger partial charge is 0.490 e. The zero-order valence-corrected chi connectivity index (χ0v) is 37.7. The minimum atomic E-state index is -5.08. The summed E-state index contributed by atoms with van der Waals surface area (Å²) in [5.41, 5.74) is 5.92. The smallest absolute Gasteiger partial charge is 0.480 e. The van der Waals surface area contributed by atoms with Crippen molar-refractivity contribution in [2.24, 2.45) is 5.73 Å². The summed E-state index contributed by atoms with van der Waals surface area (Å²) in [6.45, 7) is 3.75. The van der Waals surface area contributed by atoms with Gasteiger partial charge in [-0.05, 0) is 25.0 Å². The molecule has 0 aromatic carbocycles. The molecule has 0 aliphatic heterocycles. The van der Waals surface area contributed by atoms with Gasteiger partial charge in [-0.1, -0.05) is 168 Å². The number of rotatable bonds is 40. The van der Waals surface area contributed by atoms with Crippen LogP contribution < -0.4 is 11.1 Å². The summed E-state index contributed by atoms with van der Waals surface area (Å²) in [4.78, 5) is 57.4. The molecule has 60 heavy (non-hydrogen) atoms. The van der Waals surface area contributed by atoms with E-state index in [4.69, 9.17) is 35.3 Å². The number of amides is 1. The molecule has 0 heterocycles. The van der Waals surface area contributed by atoms with Crippen molar-refractivity contribution >= 4 is 41.5 Å². The molecule has 1 amide bonds. The number of carboxylic acid groups (broad SMARTS) is 2. The van der Waals surface area contributed by atoms with Crippen molar-refractivity contribution in [1.82, 2.24) is 5.32 Å². The maximum Gasteiger partial charge on any atom is 0.490 e. The van der Waals surface area contributed by atoms with Crippen molar-refractivity contribution in [1.29, 1.82) is 0 Å². The van der Waals surface area contributed by atoms with Gasteiger partial charge in [-0.15, -0.1) is 0 Å². The van der Waals surface area contributed by atoms with Gasteiger partial charge in [-0.2, -0.15) is 24.9 Å². The fourth-order valence-electron chi connectivity index (χ4n) is 6.21. The molecule has 0 unspecified atom stereocenters. The maximum absolute atomic E-state index is 12.7. The number of carbonyl (C=O) groups excluding carboxylic acids is 3. The highest BCUT2D eigenvalue weighted by molar-refractivity contribution is 7.99. The number of hydrogen-bond donors (Lipinski definition) is 5. The van der Waals surface area contributed by atoms with Crippen molar-refractivity contribution in [2.45, 2.75) is 224 Å². The van der Waals surface area contributed by atoms with Crippen molar-refractivity contribution in [3.05, 3.63) is 0 Å². The summed E-state index contributed by atoms with van der Waals surface area (Å²) in [6.07, 6.45) is 27.2. The summed E-state index contributed by atoms with van der Waals surface area (Å²) in [7, 11) is 0.